The molecule has 1 heterocycles. The van der Waals surface area contributed by atoms with Gasteiger partial charge < -0.3 is 5.73 Å². The number of nitriles is 1. The van der Waals surface area contributed by atoms with Crippen LogP contribution < -0.4 is 10.5 Å². The van der Waals surface area contributed by atoms with Crippen LogP contribution >= 0.6 is 15.9 Å². The van der Waals surface area contributed by atoms with Crippen molar-refractivity contribution >= 4 is 37.6 Å². The Balaban J connectivity index is 2.34. The first-order valence-electron chi connectivity index (χ1n) is 5.22. The Morgan fingerprint density at radius 3 is 2.50 bits per heavy atom. The van der Waals surface area contributed by atoms with E-state index < -0.39 is 10.0 Å². The quantitative estimate of drug-likeness (QED) is 0.861. The first-order valence-corrected chi connectivity index (χ1v) is 7.50. The molecule has 0 aliphatic rings. The molecule has 20 heavy (non-hydrogen) atoms. The Kier molecular flexibility index (Phi) is 3.87. The van der Waals surface area contributed by atoms with Gasteiger partial charge in [-0.15, -0.1) is 0 Å². The van der Waals surface area contributed by atoms with Gasteiger partial charge in [-0.3, -0.25) is 4.72 Å². The van der Waals surface area contributed by atoms with Crippen LogP contribution in [0.2, 0.25) is 0 Å². The van der Waals surface area contributed by atoms with E-state index in [1.807, 2.05) is 6.07 Å². The molecular weight excluding hydrogens is 346 g/mol. The first-order chi connectivity index (χ1) is 9.42. The van der Waals surface area contributed by atoms with Gasteiger partial charge in [0.2, 0.25) is 5.95 Å². The third kappa shape index (κ3) is 3.04. The minimum Gasteiger partial charge on any atom is -0.368 e. The van der Waals surface area contributed by atoms with E-state index in [0.717, 1.165) is 12.4 Å². The molecule has 1 aromatic carbocycles. The lowest BCUT2D eigenvalue weighted by Crippen LogP contribution is -2.14. The van der Waals surface area contributed by atoms with Crippen molar-refractivity contribution in [1.82, 2.24) is 9.97 Å². The number of nitrogens with zero attached hydrogens (tertiary/aromatic N) is 3. The first kappa shape index (κ1) is 14.2. The molecule has 0 unspecified atom stereocenters. The van der Waals surface area contributed by atoms with Gasteiger partial charge in [0.05, 0.1) is 29.7 Å². The van der Waals surface area contributed by atoms with E-state index >= 15 is 0 Å². The predicted octanol–water partition coefficient (Wildman–Crippen LogP) is 1.49. The zero-order valence-corrected chi connectivity index (χ0v) is 12.3. The maximum absolute atomic E-state index is 12.1. The molecule has 2 aromatic rings. The third-order valence-corrected chi connectivity index (χ3v) is 4.28. The average molecular weight is 354 g/mol. The van der Waals surface area contributed by atoms with E-state index in [2.05, 4.69) is 30.6 Å². The van der Waals surface area contributed by atoms with Crippen LogP contribution in [0, 0.1) is 11.3 Å². The number of nitrogens with one attached hydrogen (secondary N) is 1. The smallest absolute Gasteiger partial charge is 0.265 e. The highest BCUT2D eigenvalue weighted by molar-refractivity contribution is 9.10. The highest BCUT2D eigenvalue weighted by atomic mass is 79.9. The van der Waals surface area contributed by atoms with Crippen LogP contribution in [0.4, 0.5) is 11.6 Å². The maximum atomic E-state index is 12.1. The van der Waals surface area contributed by atoms with Gasteiger partial charge in [0.25, 0.3) is 10.0 Å². The van der Waals surface area contributed by atoms with Crippen LogP contribution in [0.5, 0.6) is 0 Å². The molecule has 0 fully saturated rings. The number of hydrogen-bond donors (Lipinski definition) is 2. The summed E-state index contributed by atoms with van der Waals surface area (Å²) in [6.45, 7) is 0. The number of hydrogen-bond acceptors (Lipinski definition) is 6. The molecule has 0 saturated heterocycles. The highest BCUT2D eigenvalue weighted by Gasteiger charge is 2.16. The SMILES string of the molecule is N#Cc1ccc(NS(=O)(=O)c2cnc(N)nc2)c(Br)c1. The summed E-state index contributed by atoms with van der Waals surface area (Å²) in [4.78, 5) is 7.15. The van der Waals surface area contributed by atoms with Gasteiger partial charge in [0.1, 0.15) is 4.90 Å². The molecule has 0 aliphatic heterocycles. The van der Waals surface area contributed by atoms with Crippen molar-refractivity contribution in [1.29, 1.82) is 5.26 Å². The van der Waals surface area contributed by atoms with Crippen LogP contribution in [-0.4, -0.2) is 18.4 Å². The number of halogens is 1. The topological polar surface area (TPSA) is 122 Å². The molecule has 0 spiro atoms. The Bertz CT molecular complexity index is 783. The van der Waals surface area contributed by atoms with Crippen molar-refractivity contribution in [3.05, 3.63) is 40.6 Å². The number of anilines is 2. The van der Waals surface area contributed by atoms with Crippen molar-refractivity contribution in [2.45, 2.75) is 4.90 Å². The minimum absolute atomic E-state index is 0.0106. The van der Waals surface area contributed by atoms with E-state index in [-0.39, 0.29) is 10.8 Å². The normalized spacial score (nSPS) is 10.8. The summed E-state index contributed by atoms with van der Waals surface area (Å²) in [6.07, 6.45) is 2.23. The van der Waals surface area contributed by atoms with Gasteiger partial charge in [-0.25, -0.2) is 18.4 Å². The summed E-state index contributed by atoms with van der Waals surface area (Å²) in [7, 11) is -3.82. The fourth-order valence-corrected chi connectivity index (χ4v) is 2.91. The fraction of sp³-hybridized carbons (Fsp3) is 0. The lowest BCUT2D eigenvalue weighted by molar-refractivity contribution is 0.600. The average Bonchev–Trinajstić information content (AvgIpc) is 2.41. The van der Waals surface area contributed by atoms with E-state index in [4.69, 9.17) is 11.0 Å². The summed E-state index contributed by atoms with van der Waals surface area (Å²) >= 11 is 3.20. The van der Waals surface area contributed by atoms with Crippen molar-refractivity contribution < 1.29 is 8.42 Å². The summed E-state index contributed by atoms with van der Waals surface area (Å²) in [5.41, 5.74) is 6.02. The van der Waals surface area contributed by atoms with Crippen LogP contribution in [0.15, 0.2) is 40.0 Å². The number of aromatic nitrogens is 2. The molecule has 102 valence electrons. The number of sulfonamides is 1. The second kappa shape index (κ2) is 5.44. The van der Waals surface area contributed by atoms with Gasteiger partial charge in [-0.2, -0.15) is 5.26 Å². The number of rotatable bonds is 3. The van der Waals surface area contributed by atoms with E-state index in [1.54, 1.807) is 0 Å². The van der Waals surface area contributed by atoms with E-state index in [1.165, 1.54) is 18.2 Å². The van der Waals surface area contributed by atoms with Gasteiger partial charge in [0.15, 0.2) is 0 Å². The molecule has 9 heteroatoms. The van der Waals surface area contributed by atoms with Crippen molar-refractivity contribution in [3.63, 3.8) is 0 Å². The zero-order valence-electron chi connectivity index (χ0n) is 9.91. The van der Waals surface area contributed by atoms with Crippen molar-refractivity contribution in [2.75, 3.05) is 10.5 Å². The number of nitrogen functional groups attached to an aromatic ring is 1. The molecule has 0 amide bonds. The minimum atomic E-state index is -3.82. The van der Waals surface area contributed by atoms with Crippen LogP contribution in [0.3, 0.4) is 0 Å². The maximum Gasteiger partial charge on any atom is 0.265 e. The molecule has 0 radical (unpaired) electrons. The molecule has 2 rings (SSSR count). The predicted molar refractivity (Wildman–Crippen MR) is 76.1 cm³/mol. The zero-order chi connectivity index (χ0) is 14.8. The van der Waals surface area contributed by atoms with Gasteiger partial charge >= 0.3 is 0 Å². The molecular formula is C11H8BrN5O2S. The van der Waals surface area contributed by atoms with Crippen LogP contribution in [-0.2, 0) is 10.0 Å². The Morgan fingerprint density at radius 1 is 1.30 bits per heavy atom. The van der Waals surface area contributed by atoms with Gasteiger partial charge in [-0.05, 0) is 34.1 Å². The standard InChI is InChI=1S/C11H8BrN5O2S/c12-9-3-7(4-13)1-2-10(9)17-20(18,19)8-5-15-11(14)16-6-8/h1-3,5-6,17H,(H2,14,15,16). The third-order valence-electron chi connectivity index (χ3n) is 2.30. The molecule has 0 saturated carbocycles. The highest BCUT2D eigenvalue weighted by Crippen LogP contribution is 2.25. The van der Waals surface area contributed by atoms with Gasteiger partial charge in [-0.1, -0.05) is 0 Å². The summed E-state index contributed by atoms with van der Waals surface area (Å²) in [5.74, 6) is -0.0106. The van der Waals surface area contributed by atoms with Crippen LogP contribution in [0.25, 0.3) is 0 Å². The summed E-state index contributed by atoms with van der Waals surface area (Å²) < 4.78 is 27.0. The lowest BCUT2D eigenvalue weighted by atomic mass is 10.2. The molecule has 0 atom stereocenters. The number of nitrogens with two attached hydrogens (primary N) is 1. The van der Waals surface area contributed by atoms with Crippen LogP contribution in [0.1, 0.15) is 5.56 Å². The monoisotopic (exact) mass is 353 g/mol. The van der Waals surface area contributed by atoms with E-state index in [0.29, 0.717) is 15.7 Å². The second-order valence-electron chi connectivity index (χ2n) is 3.69. The molecule has 7 nitrogen and oxygen atoms in total. The number of benzene rings is 1. The Hall–Kier alpha value is -2.18. The summed E-state index contributed by atoms with van der Waals surface area (Å²) in [5, 5.41) is 8.75. The largest absolute Gasteiger partial charge is 0.368 e. The van der Waals surface area contributed by atoms with Gasteiger partial charge in [0, 0.05) is 4.47 Å². The van der Waals surface area contributed by atoms with Crippen molar-refractivity contribution in [3.8, 4) is 6.07 Å². The molecule has 0 bridgehead atoms. The van der Waals surface area contributed by atoms with E-state index in [9.17, 15) is 8.42 Å². The lowest BCUT2D eigenvalue weighted by Gasteiger charge is -2.09. The second-order valence-corrected chi connectivity index (χ2v) is 6.23. The van der Waals surface area contributed by atoms with Crippen molar-refractivity contribution in [2.24, 2.45) is 0 Å². The molecule has 1 aromatic heterocycles. The Labute approximate surface area is 123 Å². The Morgan fingerprint density at radius 2 is 1.95 bits per heavy atom. The fourth-order valence-electron chi connectivity index (χ4n) is 1.34. The molecule has 0 aliphatic carbocycles. The summed E-state index contributed by atoms with van der Waals surface area (Å²) in [6, 6.07) is 6.45. The molecule has 3 N–H and O–H groups in total.